The van der Waals surface area contributed by atoms with E-state index in [9.17, 15) is 4.79 Å². The van der Waals surface area contributed by atoms with Crippen molar-refractivity contribution in [2.45, 2.75) is 25.8 Å². The lowest BCUT2D eigenvalue weighted by Gasteiger charge is -2.08. The summed E-state index contributed by atoms with van der Waals surface area (Å²) in [5.41, 5.74) is 7.70. The van der Waals surface area contributed by atoms with E-state index in [1.54, 1.807) is 4.68 Å². The number of nitrogens with zero attached hydrogens (tertiary/aromatic N) is 4. The molecule has 1 heterocycles. The summed E-state index contributed by atoms with van der Waals surface area (Å²) in [5.74, 6) is -0.145. The van der Waals surface area contributed by atoms with Crippen LogP contribution in [0, 0.1) is 0 Å². The molecule has 0 saturated heterocycles. The van der Waals surface area contributed by atoms with E-state index in [-0.39, 0.29) is 12.3 Å². The number of benzene rings is 3. The summed E-state index contributed by atoms with van der Waals surface area (Å²) in [4.78, 5) is 12.4. The van der Waals surface area contributed by atoms with Crippen LogP contribution in [0.3, 0.4) is 0 Å². The van der Waals surface area contributed by atoms with Gasteiger partial charge in [-0.1, -0.05) is 78.0 Å². The molecule has 0 aliphatic rings. The predicted molar refractivity (Wildman–Crippen MR) is 118 cm³/mol. The summed E-state index contributed by atoms with van der Waals surface area (Å²) in [5, 5.41) is 12.7. The number of rotatable bonds is 8. The molecule has 0 bridgehead atoms. The van der Waals surface area contributed by atoms with E-state index in [0.29, 0.717) is 19.4 Å². The van der Waals surface area contributed by atoms with Gasteiger partial charge in [0.05, 0.1) is 12.1 Å². The average molecular weight is 397 g/mol. The maximum Gasteiger partial charge on any atom is 0.241 e. The molecule has 4 rings (SSSR count). The number of hydrogen-bond acceptors (Lipinski definition) is 4. The molecule has 1 aromatic heterocycles. The summed E-state index contributed by atoms with van der Waals surface area (Å²) in [6.07, 6.45) is 1.65. The molecule has 0 spiro atoms. The van der Waals surface area contributed by atoms with Gasteiger partial charge in [-0.25, -0.2) is 10.1 Å². The number of carbonyl (C=O) groups is 1. The lowest BCUT2D eigenvalue weighted by atomic mass is 10.0. The Morgan fingerprint density at radius 1 is 0.833 bits per heavy atom. The maximum absolute atomic E-state index is 12.4. The first-order chi connectivity index (χ1) is 14.8. The van der Waals surface area contributed by atoms with Gasteiger partial charge in [0.2, 0.25) is 5.91 Å². The second-order valence-corrected chi connectivity index (χ2v) is 7.09. The molecule has 6 heteroatoms. The molecule has 0 saturated carbocycles. The summed E-state index contributed by atoms with van der Waals surface area (Å²) in [6, 6.07) is 28.0. The zero-order chi connectivity index (χ0) is 20.6. The smallest absolute Gasteiger partial charge is 0.241 e. The van der Waals surface area contributed by atoms with Crippen molar-refractivity contribution >= 4 is 22.7 Å². The van der Waals surface area contributed by atoms with Gasteiger partial charge in [0.1, 0.15) is 5.52 Å². The van der Waals surface area contributed by atoms with Gasteiger partial charge in [-0.2, -0.15) is 5.10 Å². The van der Waals surface area contributed by atoms with Crippen LogP contribution in [0.4, 0.5) is 0 Å². The number of amides is 1. The maximum atomic E-state index is 12.4. The Morgan fingerprint density at radius 2 is 1.43 bits per heavy atom. The first-order valence-electron chi connectivity index (χ1n) is 9.98. The number of fused-ring (bicyclic) bond motifs is 1. The Bertz CT molecular complexity index is 1090. The Hall–Kier alpha value is -3.80. The van der Waals surface area contributed by atoms with Crippen LogP contribution in [0.15, 0.2) is 90.0 Å². The van der Waals surface area contributed by atoms with Gasteiger partial charge in [0.15, 0.2) is 0 Å². The van der Waals surface area contributed by atoms with Gasteiger partial charge in [0, 0.05) is 25.0 Å². The second kappa shape index (κ2) is 9.60. The number of hydrogen-bond donors (Lipinski definition) is 1. The first kappa shape index (κ1) is 19.5. The fourth-order valence-corrected chi connectivity index (χ4v) is 3.29. The highest BCUT2D eigenvalue weighted by molar-refractivity contribution is 5.89. The molecular weight excluding hydrogens is 374 g/mol. The summed E-state index contributed by atoms with van der Waals surface area (Å²) >= 11 is 0. The molecule has 3 aromatic carbocycles. The van der Waals surface area contributed by atoms with Gasteiger partial charge in [0.25, 0.3) is 0 Å². The third-order valence-corrected chi connectivity index (χ3v) is 4.81. The third-order valence-electron chi connectivity index (χ3n) is 4.81. The van der Waals surface area contributed by atoms with Crippen LogP contribution in [0.5, 0.6) is 0 Å². The Morgan fingerprint density at radius 3 is 2.10 bits per heavy atom. The van der Waals surface area contributed by atoms with Gasteiger partial charge >= 0.3 is 0 Å². The minimum absolute atomic E-state index is 0.145. The molecule has 150 valence electrons. The van der Waals surface area contributed by atoms with Crippen molar-refractivity contribution in [3.63, 3.8) is 0 Å². The third kappa shape index (κ3) is 5.17. The minimum atomic E-state index is -0.145. The SMILES string of the molecule is O=C(CCn1nnc2ccccc21)NN=C(Cc1ccccc1)Cc1ccccc1. The molecule has 0 atom stereocenters. The number of para-hydroxylation sites is 1. The average Bonchev–Trinajstić information content (AvgIpc) is 3.21. The fraction of sp³-hybridized carbons (Fsp3) is 0.167. The van der Waals surface area contributed by atoms with Crippen LogP contribution in [0.2, 0.25) is 0 Å². The van der Waals surface area contributed by atoms with E-state index in [0.717, 1.165) is 27.9 Å². The van der Waals surface area contributed by atoms with Gasteiger partial charge in [-0.15, -0.1) is 5.10 Å². The standard InChI is InChI=1S/C24H23N5O/c30-24(15-16-29-23-14-8-7-13-22(23)26-28-29)27-25-21(17-19-9-3-1-4-10-19)18-20-11-5-2-6-12-20/h1-14H,15-18H2,(H,27,30). The molecule has 1 amide bonds. The van der Waals surface area contributed by atoms with Crippen LogP contribution in [0.25, 0.3) is 11.0 Å². The lowest BCUT2D eigenvalue weighted by molar-refractivity contribution is -0.121. The van der Waals surface area contributed by atoms with Crippen molar-refractivity contribution < 1.29 is 4.79 Å². The quantitative estimate of drug-likeness (QED) is 0.363. The highest BCUT2D eigenvalue weighted by atomic mass is 16.2. The molecule has 6 nitrogen and oxygen atoms in total. The summed E-state index contributed by atoms with van der Waals surface area (Å²) in [6.45, 7) is 0.453. The monoisotopic (exact) mass is 397 g/mol. The van der Waals surface area contributed by atoms with Gasteiger partial charge < -0.3 is 0 Å². The van der Waals surface area contributed by atoms with Gasteiger partial charge in [-0.05, 0) is 23.3 Å². The highest BCUT2D eigenvalue weighted by Gasteiger charge is 2.08. The summed E-state index contributed by atoms with van der Waals surface area (Å²) < 4.78 is 1.74. The zero-order valence-electron chi connectivity index (χ0n) is 16.6. The van der Waals surface area contributed by atoms with Crippen LogP contribution in [-0.2, 0) is 24.2 Å². The molecule has 0 radical (unpaired) electrons. The minimum Gasteiger partial charge on any atom is -0.273 e. The van der Waals surface area contributed by atoms with Crippen molar-refractivity contribution in [2.75, 3.05) is 0 Å². The number of nitrogens with one attached hydrogen (secondary N) is 1. The normalized spacial score (nSPS) is 10.7. The van der Waals surface area contributed by atoms with Crippen molar-refractivity contribution in [1.82, 2.24) is 20.4 Å². The van der Waals surface area contributed by atoms with E-state index < -0.39 is 0 Å². The topological polar surface area (TPSA) is 72.2 Å². The molecule has 0 unspecified atom stereocenters. The molecular formula is C24H23N5O. The van der Waals surface area contributed by atoms with Crippen LogP contribution in [-0.4, -0.2) is 26.6 Å². The van der Waals surface area contributed by atoms with E-state index in [1.165, 1.54) is 0 Å². The van der Waals surface area contributed by atoms with E-state index in [2.05, 4.69) is 45.1 Å². The molecule has 0 aliphatic heterocycles. The Labute approximate surface area is 175 Å². The van der Waals surface area contributed by atoms with Crippen molar-refractivity contribution in [3.8, 4) is 0 Å². The Kier molecular flexibility index (Phi) is 6.25. The van der Waals surface area contributed by atoms with Crippen molar-refractivity contribution in [3.05, 3.63) is 96.1 Å². The second-order valence-electron chi connectivity index (χ2n) is 7.09. The number of aryl methyl sites for hydroxylation is 1. The van der Waals surface area contributed by atoms with Crippen LogP contribution < -0.4 is 5.43 Å². The van der Waals surface area contributed by atoms with Gasteiger partial charge in [-0.3, -0.25) is 4.79 Å². The van der Waals surface area contributed by atoms with E-state index >= 15 is 0 Å². The molecule has 30 heavy (non-hydrogen) atoms. The number of aromatic nitrogens is 3. The fourth-order valence-electron chi connectivity index (χ4n) is 3.29. The van der Waals surface area contributed by atoms with Crippen molar-refractivity contribution in [2.24, 2.45) is 5.10 Å². The largest absolute Gasteiger partial charge is 0.273 e. The number of carbonyl (C=O) groups excluding carboxylic acids is 1. The highest BCUT2D eigenvalue weighted by Crippen LogP contribution is 2.10. The van der Waals surface area contributed by atoms with E-state index in [4.69, 9.17) is 0 Å². The van der Waals surface area contributed by atoms with Crippen molar-refractivity contribution in [1.29, 1.82) is 0 Å². The lowest BCUT2D eigenvalue weighted by Crippen LogP contribution is -2.22. The van der Waals surface area contributed by atoms with Crippen LogP contribution >= 0.6 is 0 Å². The number of hydrazone groups is 1. The molecule has 0 fully saturated rings. The predicted octanol–water partition coefficient (Wildman–Crippen LogP) is 3.78. The molecule has 0 aliphatic carbocycles. The molecule has 1 N–H and O–H groups in total. The Balaban J connectivity index is 1.41. The first-order valence-corrected chi connectivity index (χ1v) is 9.98. The summed E-state index contributed by atoms with van der Waals surface area (Å²) in [7, 11) is 0. The zero-order valence-corrected chi connectivity index (χ0v) is 16.6. The van der Waals surface area contributed by atoms with E-state index in [1.807, 2.05) is 60.7 Å². The molecule has 4 aromatic rings. The van der Waals surface area contributed by atoms with Crippen LogP contribution in [0.1, 0.15) is 17.5 Å².